The third kappa shape index (κ3) is 4.49. The van der Waals surface area contributed by atoms with Crippen molar-refractivity contribution in [2.75, 3.05) is 5.06 Å². The summed E-state index contributed by atoms with van der Waals surface area (Å²) in [5.41, 5.74) is 1.09. The van der Waals surface area contributed by atoms with E-state index in [0.717, 1.165) is 36.9 Å². The molecule has 0 aliphatic heterocycles. The van der Waals surface area contributed by atoms with Crippen molar-refractivity contribution in [3.05, 3.63) is 66.2 Å². The van der Waals surface area contributed by atoms with Gasteiger partial charge in [-0.15, -0.1) is 0 Å². The van der Waals surface area contributed by atoms with Crippen LogP contribution in [0.5, 0.6) is 0 Å². The molecule has 0 heterocycles. The Labute approximate surface area is 177 Å². The lowest BCUT2D eigenvalue weighted by Crippen LogP contribution is -2.60. The molecule has 0 unspecified atom stereocenters. The number of rotatable bonds is 6. The Morgan fingerprint density at radius 3 is 1.93 bits per heavy atom. The minimum Gasteiger partial charge on any atom is -0.318 e. The summed E-state index contributed by atoms with van der Waals surface area (Å²) < 4.78 is 6.93. The summed E-state index contributed by atoms with van der Waals surface area (Å²) in [6, 6.07) is 20.0. The van der Waals surface area contributed by atoms with Gasteiger partial charge in [0.1, 0.15) is 5.54 Å². The van der Waals surface area contributed by atoms with Gasteiger partial charge in [-0.1, -0.05) is 88.6 Å². The minimum atomic E-state index is -2.15. The molecule has 1 fully saturated rings. The summed E-state index contributed by atoms with van der Waals surface area (Å²) in [5.74, 6) is 0.181. The van der Waals surface area contributed by atoms with Gasteiger partial charge in [0.15, 0.2) is 5.78 Å². The van der Waals surface area contributed by atoms with E-state index in [0.29, 0.717) is 0 Å². The summed E-state index contributed by atoms with van der Waals surface area (Å²) >= 11 is 0. The lowest BCUT2D eigenvalue weighted by Gasteiger charge is -2.50. The van der Waals surface area contributed by atoms with Crippen LogP contribution in [0.4, 0.5) is 5.69 Å². The molecule has 156 valence electrons. The molecular formula is C25H35NO2Si. The van der Waals surface area contributed by atoms with Crippen molar-refractivity contribution in [1.29, 1.82) is 0 Å². The average Bonchev–Trinajstić information content (AvgIpc) is 2.72. The summed E-state index contributed by atoms with van der Waals surface area (Å²) in [4.78, 5) is 14.0. The van der Waals surface area contributed by atoms with E-state index < -0.39 is 13.9 Å². The Morgan fingerprint density at radius 2 is 1.41 bits per heavy atom. The normalized spacial score (nSPS) is 17.0. The number of benzene rings is 2. The second-order valence-electron chi connectivity index (χ2n) is 9.77. The Hall–Kier alpha value is -1.91. The monoisotopic (exact) mass is 409 g/mol. The maximum absolute atomic E-state index is 14.0. The molecule has 2 aromatic carbocycles. The van der Waals surface area contributed by atoms with E-state index >= 15 is 0 Å². The second kappa shape index (κ2) is 8.45. The molecule has 0 atom stereocenters. The van der Waals surface area contributed by atoms with Crippen molar-refractivity contribution < 1.29 is 9.32 Å². The largest absolute Gasteiger partial charge is 0.318 e. The average molecular weight is 410 g/mol. The minimum absolute atomic E-state index is 0.0473. The molecule has 2 aromatic rings. The quantitative estimate of drug-likeness (QED) is 0.292. The molecule has 0 radical (unpaired) electrons. The number of carbonyl (C=O) groups is 1. The summed E-state index contributed by atoms with van der Waals surface area (Å²) in [7, 11) is -2.15. The zero-order valence-corrected chi connectivity index (χ0v) is 19.6. The number of nitrogens with zero attached hydrogens (tertiary/aromatic N) is 1. The van der Waals surface area contributed by atoms with E-state index in [4.69, 9.17) is 4.53 Å². The molecule has 4 heteroatoms. The van der Waals surface area contributed by atoms with Crippen LogP contribution in [0.3, 0.4) is 0 Å². The highest BCUT2D eigenvalue weighted by atomic mass is 28.4. The first-order valence-corrected chi connectivity index (χ1v) is 13.7. The molecule has 1 aliphatic carbocycles. The fourth-order valence-electron chi connectivity index (χ4n) is 3.83. The topological polar surface area (TPSA) is 29.5 Å². The van der Waals surface area contributed by atoms with Crippen LogP contribution >= 0.6 is 0 Å². The molecule has 0 amide bonds. The second-order valence-corrected chi connectivity index (χ2v) is 14.5. The molecule has 1 aliphatic rings. The van der Waals surface area contributed by atoms with Gasteiger partial charge in [-0.3, -0.25) is 9.86 Å². The van der Waals surface area contributed by atoms with Gasteiger partial charge in [0.2, 0.25) is 8.32 Å². The van der Waals surface area contributed by atoms with Gasteiger partial charge in [-0.25, -0.2) is 0 Å². The van der Waals surface area contributed by atoms with Crippen molar-refractivity contribution >= 4 is 19.8 Å². The number of para-hydroxylation sites is 1. The van der Waals surface area contributed by atoms with Gasteiger partial charge in [0.25, 0.3) is 0 Å². The van der Waals surface area contributed by atoms with Gasteiger partial charge < -0.3 is 4.53 Å². The fraction of sp³-hybridized carbons (Fsp3) is 0.480. The molecule has 0 bridgehead atoms. The van der Waals surface area contributed by atoms with Crippen LogP contribution in [0.2, 0.25) is 18.1 Å². The van der Waals surface area contributed by atoms with Crippen molar-refractivity contribution in [3.63, 3.8) is 0 Å². The summed E-state index contributed by atoms with van der Waals surface area (Å²) in [6.45, 7) is 11.2. The molecule has 0 N–H and O–H groups in total. The van der Waals surface area contributed by atoms with E-state index in [2.05, 4.69) is 46.0 Å². The van der Waals surface area contributed by atoms with Crippen LogP contribution in [-0.4, -0.2) is 19.6 Å². The Kier molecular flexibility index (Phi) is 6.35. The number of carbonyl (C=O) groups excluding carboxylic acids is 1. The molecule has 3 rings (SSSR count). The highest BCUT2D eigenvalue weighted by Gasteiger charge is 2.50. The predicted molar refractivity (Wildman–Crippen MR) is 124 cm³/mol. The molecular weight excluding hydrogens is 374 g/mol. The summed E-state index contributed by atoms with van der Waals surface area (Å²) in [6.07, 6.45) is 4.91. The number of ketones is 1. The van der Waals surface area contributed by atoms with E-state index in [-0.39, 0.29) is 10.8 Å². The summed E-state index contributed by atoms with van der Waals surface area (Å²) in [5, 5.41) is 2.07. The molecule has 3 nitrogen and oxygen atoms in total. The third-order valence-electron chi connectivity index (χ3n) is 6.64. The lowest BCUT2D eigenvalue weighted by molar-refractivity contribution is 0.0672. The number of hydrogen-bond donors (Lipinski definition) is 0. The van der Waals surface area contributed by atoms with Crippen molar-refractivity contribution in [3.8, 4) is 0 Å². The number of Topliss-reactive ketones (excluding diaryl/α,β-unsaturated/α-hetero) is 1. The van der Waals surface area contributed by atoms with Crippen LogP contribution in [0.15, 0.2) is 60.7 Å². The third-order valence-corrected chi connectivity index (χ3v) is 10.9. The first kappa shape index (κ1) is 21.8. The molecule has 0 saturated heterocycles. The fourth-order valence-corrected chi connectivity index (χ4v) is 4.84. The predicted octanol–water partition coefficient (Wildman–Crippen LogP) is 7.02. The van der Waals surface area contributed by atoms with E-state index in [9.17, 15) is 4.79 Å². The van der Waals surface area contributed by atoms with Crippen LogP contribution < -0.4 is 5.06 Å². The van der Waals surface area contributed by atoms with Gasteiger partial charge in [-0.05, 0) is 43.1 Å². The van der Waals surface area contributed by atoms with Crippen LogP contribution in [-0.2, 0) is 4.53 Å². The highest BCUT2D eigenvalue weighted by molar-refractivity contribution is 6.74. The maximum Gasteiger partial charge on any atom is 0.228 e. The first-order chi connectivity index (χ1) is 13.7. The van der Waals surface area contributed by atoms with Crippen LogP contribution in [0, 0.1) is 0 Å². The van der Waals surface area contributed by atoms with Gasteiger partial charge in [0, 0.05) is 5.56 Å². The van der Waals surface area contributed by atoms with Crippen molar-refractivity contribution in [1.82, 2.24) is 0 Å². The van der Waals surface area contributed by atoms with E-state index in [1.807, 2.05) is 53.6 Å². The standard InChI is InChI=1S/C25H35NO2Si/c1-24(2,3)29(4,5)28-26(22-17-11-7-12-18-22)25(19-13-8-14-20-25)23(27)21-15-9-6-10-16-21/h6-7,9-12,15-18H,8,13-14,19-20H2,1-5H3. The Balaban J connectivity index is 2.12. The number of hydrogen-bond acceptors (Lipinski definition) is 3. The zero-order valence-electron chi connectivity index (χ0n) is 18.6. The van der Waals surface area contributed by atoms with Gasteiger partial charge in [0.05, 0.1) is 5.69 Å². The Bertz CT molecular complexity index is 806. The number of hydroxylamine groups is 1. The van der Waals surface area contributed by atoms with Gasteiger partial charge in [-0.2, -0.15) is 0 Å². The van der Waals surface area contributed by atoms with Crippen LogP contribution in [0.25, 0.3) is 0 Å². The van der Waals surface area contributed by atoms with Crippen LogP contribution in [0.1, 0.15) is 63.2 Å². The molecule has 29 heavy (non-hydrogen) atoms. The molecule has 0 aromatic heterocycles. The highest BCUT2D eigenvalue weighted by Crippen LogP contribution is 2.44. The van der Waals surface area contributed by atoms with Gasteiger partial charge >= 0.3 is 0 Å². The first-order valence-electron chi connectivity index (χ1n) is 10.8. The molecule has 1 saturated carbocycles. The lowest BCUT2D eigenvalue weighted by atomic mass is 9.76. The smallest absolute Gasteiger partial charge is 0.228 e. The number of anilines is 1. The SMILES string of the molecule is CC(C)(C)[Si](C)(C)ON(c1ccccc1)C1(C(=O)c2ccccc2)CCCCC1. The van der Waals surface area contributed by atoms with Crippen molar-refractivity contribution in [2.24, 2.45) is 0 Å². The maximum atomic E-state index is 14.0. The molecule has 0 spiro atoms. The van der Waals surface area contributed by atoms with Crippen molar-refractivity contribution in [2.45, 2.75) is 76.5 Å². The Morgan fingerprint density at radius 1 is 0.897 bits per heavy atom. The van der Waals surface area contributed by atoms with E-state index in [1.54, 1.807) is 0 Å². The zero-order chi connectivity index (χ0) is 21.1. The van der Waals surface area contributed by atoms with E-state index in [1.165, 1.54) is 6.42 Å².